The van der Waals surface area contributed by atoms with E-state index < -0.39 is 11.4 Å². The van der Waals surface area contributed by atoms with Gasteiger partial charge in [-0.25, -0.2) is 4.39 Å². The van der Waals surface area contributed by atoms with Gasteiger partial charge < -0.3 is 20.3 Å². The summed E-state index contributed by atoms with van der Waals surface area (Å²) in [4.78, 5) is 5.30. The molecule has 0 unspecified atom stereocenters. The van der Waals surface area contributed by atoms with Gasteiger partial charge in [0, 0.05) is 6.07 Å². The molecule has 1 heterocycles. The van der Waals surface area contributed by atoms with Crippen LogP contribution in [0.25, 0.3) is 0 Å². The van der Waals surface area contributed by atoms with Gasteiger partial charge in [-0.1, -0.05) is 5.16 Å². The van der Waals surface area contributed by atoms with Crippen LogP contribution in [-0.4, -0.2) is 21.5 Å². The molecule has 0 atom stereocenters. The van der Waals surface area contributed by atoms with Gasteiger partial charge in [-0.05, 0) is 45.0 Å². The highest BCUT2D eigenvalue weighted by atomic mass is 19.1. The highest BCUT2D eigenvalue weighted by Crippen LogP contribution is 2.25. The Kier molecular flexibility index (Phi) is 4.40. The van der Waals surface area contributed by atoms with Gasteiger partial charge in [-0.2, -0.15) is 4.73 Å². The number of pyridine rings is 1. The Bertz CT molecular complexity index is 734. The average molecular weight is 320 g/mol. The maximum atomic E-state index is 13.5. The first-order chi connectivity index (χ1) is 10.7. The zero-order valence-electron chi connectivity index (χ0n) is 12.9. The molecule has 0 spiro atoms. The monoisotopic (exact) mass is 320 g/mol. The van der Waals surface area contributed by atoms with Crippen molar-refractivity contribution in [1.29, 1.82) is 0 Å². The number of aromatic nitrogens is 1. The van der Waals surface area contributed by atoms with Crippen molar-refractivity contribution in [3.63, 3.8) is 0 Å². The van der Waals surface area contributed by atoms with E-state index in [0.717, 1.165) is 24.4 Å². The SMILES string of the molecule is CC(C)(C)ON=C(c1cc(F)ccc1O)c1c(O)ccc[n+]1[O-]. The molecule has 23 heavy (non-hydrogen) atoms. The van der Waals surface area contributed by atoms with Crippen LogP contribution in [0.4, 0.5) is 4.39 Å². The quantitative estimate of drug-likeness (QED) is 0.393. The molecule has 2 rings (SSSR count). The minimum absolute atomic E-state index is 0.0691. The highest BCUT2D eigenvalue weighted by molar-refractivity contribution is 6.13. The van der Waals surface area contributed by atoms with E-state index in [2.05, 4.69) is 5.16 Å². The number of nitrogens with zero attached hydrogens (tertiary/aromatic N) is 2. The van der Waals surface area contributed by atoms with Gasteiger partial charge in [0.05, 0.1) is 5.56 Å². The van der Waals surface area contributed by atoms with Crippen molar-refractivity contribution < 1.29 is 24.2 Å². The van der Waals surface area contributed by atoms with Crippen LogP contribution in [0.1, 0.15) is 32.0 Å². The summed E-state index contributed by atoms with van der Waals surface area (Å²) in [6, 6.07) is 5.84. The Morgan fingerprint density at radius 3 is 2.52 bits per heavy atom. The van der Waals surface area contributed by atoms with Crippen molar-refractivity contribution in [2.75, 3.05) is 0 Å². The Labute approximate surface area is 132 Å². The van der Waals surface area contributed by atoms with Crippen molar-refractivity contribution in [1.82, 2.24) is 0 Å². The number of rotatable bonds is 3. The number of benzene rings is 1. The summed E-state index contributed by atoms with van der Waals surface area (Å²) in [5, 5.41) is 35.9. The maximum absolute atomic E-state index is 13.5. The molecule has 7 heteroatoms. The number of hydrogen-bond donors (Lipinski definition) is 2. The summed E-state index contributed by atoms with van der Waals surface area (Å²) in [5.41, 5.74) is -1.19. The van der Waals surface area contributed by atoms with E-state index in [1.165, 1.54) is 12.1 Å². The average Bonchev–Trinajstić information content (AvgIpc) is 2.44. The molecule has 0 saturated carbocycles. The molecule has 0 aliphatic rings. The van der Waals surface area contributed by atoms with Crippen molar-refractivity contribution in [2.24, 2.45) is 5.16 Å². The molecule has 0 aliphatic carbocycles. The third-order valence-corrected chi connectivity index (χ3v) is 2.79. The van der Waals surface area contributed by atoms with E-state index in [4.69, 9.17) is 4.84 Å². The first-order valence-corrected chi connectivity index (χ1v) is 6.85. The summed E-state index contributed by atoms with van der Waals surface area (Å²) in [7, 11) is 0. The molecule has 1 aromatic heterocycles. The molecule has 1 aromatic carbocycles. The first kappa shape index (κ1) is 16.5. The maximum Gasteiger partial charge on any atom is 0.288 e. The number of phenolic OH excluding ortho intramolecular Hbond substituents is 1. The predicted molar refractivity (Wildman–Crippen MR) is 81.6 cm³/mol. The Hall–Kier alpha value is -2.83. The van der Waals surface area contributed by atoms with Crippen LogP contribution < -0.4 is 4.73 Å². The molecule has 0 radical (unpaired) electrons. The van der Waals surface area contributed by atoms with Crippen molar-refractivity contribution in [3.05, 3.63) is 58.8 Å². The second kappa shape index (κ2) is 6.12. The number of phenols is 1. The van der Waals surface area contributed by atoms with Crippen molar-refractivity contribution >= 4 is 5.71 Å². The van der Waals surface area contributed by atoms with Crippen LogP contribution in [0.2, 0.25) is 0 Å². The Balaban J connectivity index is 2.68. The standard InChI is InChI=1S/C16H17FN2O4/c1-16(2,3)23-18-14(11-9-10(17)6-7-12(11)20)15-13(21)5-4-8-19(15)22/h4-9,20-21H,1-3H3. The van der Waals surface area contributed by atoms with Crippen LogP contribution in [0.15, 0.2) is 41.7 Å². The van der Waals surface area contributed by atoms with Gasteiger partial charge in [0.2, 0.25) is 0 Å². The Morgan fingerprint density at radius 1 is 1.22 bits per heavy atom. The van der Waals surface area contributed by atoms with Gasteiger partial charge in [-0.3, -0.25) is 0 Å². The molecular formula is C16H17FN2O4. The topological polar surface area (TPSA) is 89.0 Å². The van der Waals surface area contributed by atoms with Crippen molar-refractivity contribution in [3.8, 4) is 11.5 Å². The fraction of sp³-hybridized carbons (Fsp3) is 0.250. The van der Waals surface area contributed by atoms with Gasteiger partial charge in [-0.15, -0.1) is 0 Å². The van der Waals surface area contributed by atoms with E-state index in [0.29, 0.717) is 4.73 Å². The minimum Gasteiger partial charge on any atom is -0.618 e. The number of hydrogen-bond acceptors (Lipinski definition) is 5. The molecular weight excluding hydrogens is 303 g/mol. The van der Waals surface area contributed by atoms with E-state index >= 15 is 0 Å². The van der Waals surface area contributed by atoms with Gasteiger partial charge in [0.1, 0.15) is 17.2 Å². The summed E-state index contributed by atoms with van der Waals surface area (Å²) < 4.78 is 13.9. The lowest BCUT2D eigenvalue weighted by Crippen LogP contribution is -2.35. The van der Waals surface area contributed by atoms with Crippen LogP contribution in [0, 0.1) is 11.0 Å². The van der Waals surface area contributed by atoms with Crippen LogP contribution in [0.5, 0.6) is 11.5 Å². The van der Waals surface area contributed by atoms with Crippen LogP contribution in [0.3, 0.4) is 0 Å². The third-order valence-electron chi connectivity index (χ3n) is 2.79. The molecule has 0 amide bonds. The largest absolute Gasteiger partial charge is 0.618 e. The summed E-state index contributed by atoms with van der Waals surface area (Å²) >= 11 is 0. The second-order valence-corrected chi connectivity index (χ2v) is 5.87. The molecule has 0 aliphatic heterocycles. The zero-order chi connectivity index (χ0) is 17.2. The van der Waals surface area contributed by atoms with Gasteiger partial charge >= 0.3 is 0 Å². The zero-order valence-corrected chi connectivity index (χ0v) is 12.9. The molecule has 122 valence electrons. The molecule has 0 saturated heterocycles. The lowest BCUT2D eigenvalue weighted by atomic mass is 10.0. The van der Waals surface area contributed by atoms with E-state index in [9.17, 15) is 19.8 Å². The molecule has 0 bridgehead atoms. The molecule has 6 nitrogen and oxygen atoms in total. The molecule has 2 aromatic rings. The molecule has 0 fully saturated rings. The highest BCUT2D eigenvalue weighted by Gasteiger charge is 2.26. The summed E-state index contributed by atoms with van der Waals surface area (Å²) in [5.74, 6) is -1.30. The van der Waals surface area contributed by atoms with Crippen LogP contribution in [-0.2, 0) is 4.84 Å². The third kappa shape index (κ3) is 3.88. The fourth-order valence-corrected chi connectivity index (χ4v) is 1.80. The lowest BCUT2D eigenvalue weighted by Gasteiger charge is -2.17. The Morgan fingerprint density at radius 2 is 1.91 bits per heavy atom. The fourth-order valence-electron chi connectivity index (χ4n) is 1.80. The second-order valence-electron chi connectivity index (χ2n) is 5.87. The normalized spacial score (nSPS) is 12.3. The number of aromatic hydroxyl groups is 2. The summed E-state index contributed by atoms with van der Waals surface area (Å²) in [6.45, 7) is 5.20. The van der Waals surface area contributed by atoms with Gasteiger partial charge in [0.15, 0.2) is 17.7 Å². The first-order valence-electron chi connectivity index (χ1n) is 6.85. The number of oxime groups is 1. The predicted octanol–water partition coefficient (Wildman–Crippen LogP) is 2.44. The van der Waals surface area contributed by atoms with Crippen LogP contribution >= 0.6 is 0 Å². The molecule has 2 N–H and O–H groups in total. The van der Waals surface area contributed by atoms with E-state index in [1.807, 2.05) is 0 Å². The van der Waals surface area contributed by atoms with Gasteiger partial charge in [0.25, 0.3) is 5.69 Å². The smallest absolute Gasteiger partial charge is 0.288 e. The minimum atomic E-state index is -0.688. The summed E-state index contributed by atoms with van der Waals surface area (Å²) in [6.07, 6.45) is 1.15. The van der Waals surface area contributed by atoms with Crippen molar-refractivity contribution in [2.45, 2.75) is 26.4 Å². The van der Waals surface area contributed by atoms with E-state index in [1.54, 1.807) is 20.8 Å². The lowest BCUT2D eigenvalue weighted by molar-refractivity contribution is -0.607. The number of halogens is 1. The van der Waals surface area contributed by atoms with E-state index in [-0.39, 0.29) is 28.5 Å².